The maximum atomic E-state index is 13.7. The predicted molar refractivity (Wildman–Crippen MR) is 60.8 cm³/mol. The molecule has 0 aliphatic carbocycles. The Bertz CT molecular complexity index is 331. The molecule has 3 heteroatoms. The Balaban J connectivity index is 2.23. The molecule has 1 atom stereocenters. The number of likely N-dealkylation sites (N-methyl/N-ethyl adjacent to an activating group) is 1. The van der Waals surface area contributed by atoms with Gasteiger partial charge < -0.3 is 10.2 Å². The summed E-state index contributed by atoms with van der Waals surface area (Å²) < 4.78 is 13.7. The van der Waals surface area contributed by atoms with Crippen molar-refractivity contribution in [2.45, 2.75) is 19.4 Å². The number of nitrogens with zero attached hydrogens (tertiary/aromatic N) is 1. The summed E-state index contributed by atoms with van der Waals surface area (Å²) in [6.45, 7) is 3.80. The highest BCUT2D eigenvalue weighted by Gasteiger charge is 2.24. The molecule has 1 N–H and O–H groups in total. The van der Waals surface area contributed by atoms with Crippen LogP contribution in [-0.4, -0.2) is 26.2 Å². The van der Waals surface area contributed by atoms with E-state index >= 15 is 0 Å². The van der Waals surface area contributed by atoms with E-state index in [1.807, 2.05) is 20.0 Å². The normalized spacial score (nSPS) is 21.0. The van der Waals surface area contributed by atoms with Crippen LogP contribution in [0, 0.1) is 12.7 Å². The van der Waals surface area contributed by atoms with Crippen LogP contribution >= 0.6 is 0 Å². The van der Waals surface area contributed by atoms with E-state index in [1.165, 1.54) is 6.07 Å². The maximum absolute atomic E-state index is 13.7. The first kappa shape index (κ1) is 10.4. The Morgan fingerprint density at radius 3 is 2.87 bits per heavy atom. The zero-order valence-corrected chi connectivity index (χ0v) is 9.26. The van der Waals surface area contributed by atoms with Gasteiger partial charge >= 0.3 is 0 Å². The molecule has 0 radical (unpaired) electrons. The summed E-state index contributed by atoms with van der Waals surface area (Å²) in [6, 6.07) is 5.75. The molecule has 0 aromatic heterocycles. The van der Waals surface area contributed by atoms with E-state index in [2.05, 4.69) is 10.2 Å². The largest absolute Gasteiger partial charge is 0.367 e. The van der Waals surface area contributed by atoms with Crippen LogP contribution in [0.1, 0.15) is 12.0 Å². The molecule has 1 aliphatic heterocycles. The third-order valence-corrected chi connectivity index (χ3v) is 3.10. The molecule has 2 nitrogen and oxygen atoms in total. The summed E-state index contributed by atoms with van der Waals surface area (Å²) in [5, 5.41) is 3.24. The van der Waals surface area contributed by atoms with Gasteiger partial charge in [0, 0.05) is 19.1 Å². The van der Waals surface area contributed by atoms with Crippen molar-refractivity contribution in [2.24, 2.45) is 0 Å². The van der Waals surface area contributed by atoms with Crippen LogP contribution in [0.3, 0.4) is 0 Å². The second-order valence-corrected chi connectivity index (χ2v) is 4.13. The van der Waals surface area contributed by atoms with Gasteiger partial charge in [0.25, 0.3) is 0 Å². The molecule has 1 heterocycles. The summed E-state index contributed by atoms with van der Waals surface area (Å²) >= 11 is 0. The molecule has 0 amide bonds. The Morgan fingerprint density at radius 2 is 2.27 bits per heavy atom. The van der Waals surface area contributed by atoms with Gasteiger partial charge in [-0.25, -0.2) is 4.39 Å². The highest BCUT2D eigenvalue weighted by molar-refractivity contribution is 5.55. The topological polar surface area (TPSA) is 15.3 Å². The van der Waals surface area contributed by atoms with Gasteiger partial charge in [-0.3, -0.25) is 0 Å². The number of benzene rings is 1. The van der Waals surface area contributed by atoms with Crippen LogP contribution in [0.15, 0.2) is 18.2 Å². The lowest BCUT2D eigenvalue weighted by atomic mass is 10.2. The molecular weight excluding hydrogens is 191 g/mol. The molecule has 82 valence electrons. The van der Waals surface area contributed by atoms with Crippen LogP contribution in [0.5, 0.6) is 0 Å². The van der Waals surface area contributed by atoms with Gasteiger partial charge in [-0.15, -0.1) is 0 Å². The Labute approximate surface area is 90.1 Å². The number of rotatable bonds is 2. The number of nitrogens with one attached hydrogen (secondary N) is 1. The molecule has 1 unspecified atom stereocenters. The zero-order chi connectivity index (χ0) is 10.8. The standard InChI is InChI=1S/C12H17FN2/c1-9-4-3-5-11(13)12(9)15-7-6-10(8-15)14-2/h3-5,10,14H,6-8H2,1-2H3. The Hall–Kier alpha value is -1.09. The molecule has 0 bridgehead atoms. The highest BCUT2D eigenvalue weighted by Crippen LogP contribution is 2.27. The number of aryl methyl sites for hydroxylation is 1. The summed E-state index contributed by atoms with van der Waals surface area (Å²) in [5.74, 6) is -0.105. The first-order valence-electron chi connectivity index (χ1n) is 5.39. The zero-order valence-electron chi connectivity index (χ0n) is 9.26. The van der Waals surface area contributed by atoms with E-state index in [4.69, 9.17) is 0 Å². The minimum absolute atomic E-state index is 0.105. The van der Waals surface area contributed by atoms with Crippen molar-refractivity contribution in [1.82, 2.24) is 5.32 Å². The molecule has 1 aliphatic rings. The van der Waals surface area contributed by atoms with Crippen molar-refractivity contribution in [1.29, 1.82) is 0 Å². The Morgan fingerprint density at radius 1 is 1.47 bits per heavy atom. The molecule has 2 rings (SSSR count). The van der Waals surface area contributed by atoms with E-state index < -0.39 is 0 Å². The fraction of sp³-hybridized carbons (Fsp3) is 0.500. The number of hydrogen-bond donors (Lipinski definition) is 1. The lowest BCUT2D eigenvalue weighted by Crippen LogP contribution is -2.30. The molecule has 0 saturated carbocycles. The van der Waals surface area contributed by atoms with Crippen molar-refractivity contribution in [3.8, 4) is 0 Å². The minimum Gasteiger partial charge on any atom is -0.367 e. The molecule has 15 heavy (non-hydrogen) atoms. The average Bonchev–Trinajstić information content (AvgIpc) is 2.66. The van der Waals surface area contributed by atoms with Crippen LogP contribution in [0.2, 0.25) is 0 Å². The molecule has 1 aromatic rings. The maximum Gasteiger partial charge on any atom is 0.146 e. The Kier molecular flexibility index (Phi) is 2.91. The van der Waals surface area contributed by atoms with E-state index in [0.717, 1.165) is 30.8 Å². The van der Waals surface area contributed by atoms with E-state index in [-0.39, 0.29) is 5.82 Å². The van der Waals surface area contributed by atoms with Gasteiger partial charge in [0.1, 0.15) is 5.82 Å². The fourth-order valence-electron chi connectivity index (χ4n) is 2.22. The third kappa shape index (κ3) is 1.97. The van der Waals surface area contributed by atoms with Crippen LogP contribution < -0.4 is 10.2 Å². The summed E-state index contributed by atoms with van der Waals surface area (Å²) in [4.78, 5) is 2.13. The quantitative estimate of drug-likeness (QED) is 0.799. The number of hydrogen-bond acceptors (Lipinski definition) is 2. The van der Waals surface area contributed by atoms with Gasteiger partial charge in [0.2, 0.25) is 0 Å². The van der Waals surface area contributed by atoms with Crippen LogP contribution in [-0.2, 0) is 0 Å². The van der Waals surface area contributed by atoms with E-state index in [1.54, 1.807) is 6.07 Å². The average molecular weight is 208 g/mol. The van der Waals surface area contributed by atoms with E-state index in [0.29, 0.717) is 6.04 Å². The summed E-state index contributed by atoms with van der Waals surface area (Å²) in [6.07, 6.45) is 1.09. The second kappa shape index (κ2) is 4.19. The van der Waals surface area contributed by atoms with Gasteiger partial charge in [0.15, 0.2) is 0 Å². The minimum atomic E-state index is -0.105. The molecular formula is C12H17FN2. The lowest BCUT2D eigenvalue weighted by molar-refractivity contribution is 0.608. The smallest absolute Gasteiger partial charge is 0.146 e. The summed E-state index contributed by atoms with van der Waals surface area (Å²) in [5.41, 5.74) is 1.79. The van der Waals surface area contributed by atoms with Crippen molar-refractivity contribution in [3.63, 3.8) is 0 Å². The molecule has 1 aromatic carbocycles. The second-order valence-electron chi connectivity index (χ2n) is 4.13. The lowest BCUT2D eigenvalue weighted by Gasteiger charge is -2.21. The van der Waals surface area contributed by atoms with Gasteiger partial charge in [0.05, 0.1) is 5.69 Å². The molecule has 1 saturated heterocycles. The number of para-hydroxylation sites is 1. The van der Waals surface area contributed by atoms with Gasteiger partial charge in [-0.1, -0.05) is 12.1 Å². The van der Waals surface area contributed by atoms with Crippen LogP contribution in [0.4, 0.5) is 10.1 Å². The monoisotopic (exact) mass is 208 g/mol. The highest BCUT2D eigenvalue weighted by atomic mass is 19.1. The number of anilines is 1. The fourth-order valence-corrected chi connectivity index (χ4v) is 2.22. The van der Waals surface area contributed by atoms with Crippen molar-refractivity contribution >= 4 is 5.69 Å². The van der Waals surface area contributed by atoms with Crippen LogP contribution in [0.25, 0.3) is 0 Å². The van der Waals surface area contributed by atoms with Crippen molar-refractivity contribution in [2.75, 3.05) is 25.0 Å². The molecule has 0 spiro atoms. The predicted octanol–water partition coefficient (Wildman–Crippen LogP) is 1.93. The van der Waals surface area contributed by atoms with Gasteiger partial charge in [-0.2, -0.15) is 0 Å². The first-order valence-corrected chi connectivity index (χ1v) is 5.39. The first-order chi connectivity index (χ1) is 7.22. The summed E-state index contributed by atoms with van der Waals surface area (Å²) in [7, 11) is 1.96. The van der Waals surface area contributed by atoms with Crippen molar-refractivity contribution < 1.29 is 4.39 Å². The van der Waals surface area contributed by atoms with Gasteiger partial charge in [-0.05, 0) is 32.0 Å². The van der Waals surface area contributed by atoms with Crippen molar-refractivity contribution in [3.05, 3.63) is 29.6 Å². The third-order valence-electron chi connectivity index (χ3n) is 3.10. The SMILES string of the molecule is CNC1CCN(c2c(C)cccc2F)C1. The number of halogens is 1. The van der Waals surface area contributed by atoms with E-state index in [9.17, 15) is 4.39 Å². The molecule has 1 fully saturated rings.